The summed E-state index contributed by atoms with van der Waals surface area (Å²) in [6, 6.07) is 7.31. The van der Waals surface area contributed by atoms with Crippen LogP contribution in [0.1, 0.15) is 60.3 Å². The van der Waals surface area contributed by atoms with Crippen LogP contribution in [0.4, 0.5) is 4.39 Å². The summed E-state index contributed by atoms with van der Waals surface area (Å²) in [5.74, 6) is 0.136. The van der Waals surface area contributed by atoms with E-state index < -0.39 is 17.0 Å². The molecule has 3 heterocycles. The summed E-state index contributed by atoms with van der Waals surface area (Å²) in [7, 11) is 0. The molecule has 5 rings (SSSR count). The fourth-order valence-corrected chi connectivity index (χ4v) is 5.69. The molecule has 2 spiro atoms. The fraction of sp³-hybridized carbons (Fsp3) is 0.458. The highest BCUT2D eigenvalue weighted by molar-refractivity contribution is 5.97. The minimum absolute atomic E-state index is 0.152. The molecule has 6 nitrogen and oxygen atoms in total. The van der Waals surface area contributed by atoms with Gasteiger partial charge < -0.3 is 15.2 Å². The van der Waals surface area contributed by atoms with E-state index in [9.17, 15) is 9.18 Å². The van der Waals surface area contributed by atoms with E-state index in [-0.39, 0.29) is 29.3 Å². The van der Waals surface area contributed by atoms with Crippen LogP contribution < -0.4 is 10.5 Å². The molecular weight excluding hydrogens is 397 g/mol. The highest BCUT2D eigenvalue weighted by atomic mass is 19.1. The number of nitrogens with two attached hydrogens (primary N) is 1. The van der Waals surface area contributed by atoms with Crippen molar-refractivity contribution in [2.24, 2.45) is 16.1 Å². The van der Waals surface area contributed by atoms with E-state index in [4.69, 9.17) is 20.2 Å². The number of carbonyl (C=O) groups excluding carboxylic acids is 1. The third kappa shape index (κ3) is 2.71. The van der Waals surface area contributed by atoms with Crippen LogP contribution in [0.2, 0.25) is 0 Å². The van der Waals surface area contributed by atoms with E-state index in [1.807, 2.05) is 18.2 Å². The lowest BCUT2D eigenvalue weighted by Crippen LogP contribution is -2.66. The molecule has 1 aromatic carbocycles. The van der Waals surface area contributed by atoms with E-state index in [1.54, 1.807) is 6.92 Å². The Morgan fingerprint density at radius 3 is 2.65 bits per heavy atom. The van der Waals surface area contributed by atoms with Gasteiger partial charge in [-0.05, 0) is 62.9 Å². The van der Waals surface area contributed by atoms with Gasteiger partial charge in [-0.15, -0.1) is 0 Å². The molecule has 0 saturated heterocycles. The number of pyridine rings is 1. The van der Waals surface area contributed by atoms with E-state index in [0.717, 1.165) is 42.3 Å². The Morgan fingerprint density at radius 2 is 2.03 bits per heavy atom. The zero-order valence-electron chi connectivity index (χ0n) is 18.0. The number of carbonyl (C=O) groups is 1. The third-order valence-electron chi connectivity index (χ3n) is 7.41. The molecule has 1 aromatic heterocycles. The van der Waals surface area contributed by atoms with Crippen molar-refractivity contribution in [2.45, 2.75) is 57.6 Å². The molecule has 0 amide bonds. The fourth-order valence-electron chi connectivity index (χ4n) is 5.69. The molecule has 1 aliphatic carbocycles. The van der Waals surface area contributed by atoms with Crippen LogP contribution in [0.3, 0.4) is 0 Å². The molecule has 31 heavy (non-hydrogen) atoms. The van der Waals surface area contributed by atoms with E-state index in [2.05, 4.69) is 18.8 Å². The second-order valence-corrected chi connectivity index (χ2v) is 9.40. The molecule has 0 bridgehead atoms. The second-order valence-electron chi connectivity index (χ2n) is 9.40. The van der Waals surface area contributed by atoms with Gasteiger partial charge in [0.15, 0.2) is 5.78 Å². The summed E-state index contributed by atoms with van der Waals surface area (Å²) in [5, 5.41) is 0. The van der Waals surface area contributed by atoms with E-state index in [0.29, 0.717) is 12.2 Å². The highest BCUT2D eigenvalue weighted by Gasteiger charge is 2.69. The Hall–Kier alpha value is -2.96. The average molecular weight is 423 g/mol. The predicted molar refractivity (Wildman–Crippen MR) is 114 cm³/mol. The minimum Gasteiger partial charge on any atom is -0.487 e. The van der Waals surface area contributed by atoms with Gasteiger partial charge in [-0.3, -0.25) is 4.79 Å². The van der Waals surface area contributed by atoms with Gasteiger partial charge in [-0.25, -0.2) is 14.4 Å². The lowest BCUT2D eigenvalue weighted by molar-refractivity contribution is -0.157. The number of rotatable bonds is 3. The number of amidine groups is 1. The van der Waals surface area contributed by atoms with E-state index >= 15 is 0 Å². The number of Topliss-reactive ketones (excluding diaryl/α,β-unsaturated/α-hetero) is 1. The Morgan fingerprint density at radius 1 is 1.26 bits per heavy atom. The lowest BCUT2D eigenvalue weighted by Gasteiger charge is -2.62. The number of aliphatic imine (C=N–C) groups is 1. The van der Waals surface area contributed by atoms with Crippen LogP contribution >= 0.6 is 0 Å². The Labute approximate surface area is 180 Å². The molecule has 2 aliphatic heterocycles. The number of ketones is 1. The maximum Gasteiger partial charge on any atom is 0.283 e. The number of ether oxygens (including phenoxy) is 2. The molecule has 0 radical (unpaired) electrons. The van der Waals surface area contributed by atoms with Crippen molar-refractivity contribution in [1.82, 2.24) is 4.98 Å². The van der Waals surface area contributed by atoms with Gasteiger partial charge in [0.1, 0.15) is 35.0 Å². The van der Waals surface area contributed by atoms with Crippen LogP contribution in [-0.2, 0) is 16.7 Å². The Kier molecular flexibility index (Phi) is 4.20. The summed E-state index contributed by atoms with van der Waals surface area (Å²) < 4.78 is 25.6. The summed E-state index contributed by atoms with van der Waals surface area (Å²) in [5.41, 5.74) is 7.29. The van der Waals surface area contributed by atoms with Gasteiger partial charge >= 0.3 is 0 Å². The van der Waals surface area contributed by atoms with Crippen molar-refractivity contribution in [3.8, 4) is 5.75 Å². The van der Waals surface area contributed by atoms with Gasteiger partial charge in [-0.2, -0.15) is 0 Å². The quantitative estimate of drug-likeness (QED) is 0.758. The second kappa shape index (κ2) is 6.52. The molecule has 3 aliphatic rings. The predicted octanol–water partition coefficient (Wildman–Crippen LogP) is 3.84. The molecule has 1 fully saturated rings. The monoisotopic (exact) mass is 423 g/mol. The highest BCUT2D eigenvalue weighted by Crippen LogP contribution is 2.67. The first-order valence-corrected chi connectivity index (χ1v) is 10.6. The first-order valence-electron chi connectivity index (χ1n) is 10.6. The van der Waals surface area contributed by atoms with Crippen molar-refractivity contribution in [3.63, 3.8) is 0 Å². The lowest BCUT2D eigenvalue weighted by atomic mass is 9.48. The van der Waals surface area contributed by atoms with Crippen molar-refractivity contribution < 1.29 is 18.7 Å². The molecule has 1 unspecified atom stereocenters. The molecule has 1 atom stereocenters. The van der Waals surface area contributed by atoms with Crippen LogP contribution in [0.25, 0.3) is 0 Å². The number of benzene rings is 1. The maximum absolute atomic E-state index is 13.4. The molecule has 1 saturated carbocycles. The summed E-state index contributed by atoms with van der Waals surface area (Å²) in [6.45, 7) is 6.28. The molecular formula is C24H26FN3O3. The van der Waals surface area contributed by atoms with E-state index in [1.165, 1.54) is 6.07 Å². The normalized spacial score (nSPS) is 24.7. The van der Waals surface area contributed by atoms with Crippen LogP contribution in [0.15, 0.2) is 35.5 Å². The largest absolute Gasteiger partial charge is 0.487 e. The van der Waals surface area contributed by atoms with Gasteiger partial charge in [0.05, 0.1) is 6.20 Å². The molecule has 162 valence electrons. The first-order chi connectivity index (χ1) is 14.7. The van der Waals surface area contributed by atoms with Crippen molar-refractivity contribution in [3.05, 3.63) is 58.7 Å². The van der Waals surface area contributed by atoms with Crippen molar-refractivity contribution in [1.29, 1.82) is 0 Å². The average Bonchev–Trinajstić information content (AvgIpc) is 3.03. The molecule has 7 heteroatoms. The SMILES string of the molecule is Cc1cc(F)cnc1C(=O)Cc1ccc2c(c1)C1(COC(N)=N1)C1(CCC1)C(C)(C)O2. The van der Waals surface area contributed by atoms with Gasteiger partial charge in [0.25, 0.3) is 6.02 Å². The summed E-state index contributed by atoms with van der Waals surface area (Å²) in [6.07, 6.45) is 4.28. The molecule has 2 N–H and O–H groups in total. The van der Waals surface area contributed by atoms with Gasteiger partial charge in [-0.1, -0.05) is 12.5 Å². The van der Waals surface area contributed by atoms with Crippen LogP contribution in [0, 0.1) is 18.2 Å². The number of hydrogen-bond acceptors (Lipinski definition) is 6. The first kappa shape index (κ1) is 20.0. The number of nitrogens with zero attached hydrogens (tertiary/aromatic N) is 2. The zero-order chi connectivity index (χ0) is 22.0. The van der Waals surface area contributed by atoms with Crippen LogP contribution in [-0.4, -0.2) is 29.0 Å². The number of aromatic nitrogens is 1. The number of halogens is 1. The van der Waals surface area contributed by atoms with Crippen molar-refractivity contribution >= 4 is 11.8 Å². The number of aryl methyl sites for hydroxylation is 1. The number of fused-ring (bicyclic) bond motifs is 3. The summed E-state index contributed by atoms with van der Waals surface area (Å²) >= 11 is 0. The van der Waals surface area contributed by atoms with Gasteiger partial charge in [0.2, 0.25) is 0 Å². The molecule has 2 aromatic rings. The summed E-state index contributed by atoms with van der Waals surface area (Å²) in [4.78, 5) is 21.7. The topological polar surface area (TPSA) is 86.8 Å². The van der Waals surface area contributed by atoms with Gasteiger partial charge in [0, 0.05) is 17.4 Å². The zero-order valence-corrected chi connectivity index (χ0v) is 18.0. The van der Waals surface area contributed by atoms with Crippen molar-refractivity contribution in [2.75, 3.05) is 6.61 Å². The standard InChI is InChI=1S/C24H26FN3O3/c1-14-9-16(25)12-27-20(14)18(29)11-15-5-6-19-17(10-15)24(13-30-21(26)28-24)23(7-4-8-23)22(2,3)31-19/h5-6,9-10,12H,4,7-8,11,13H2,1-3H3,(H2,26,28). The smallest absolute Gasteiger partial charge is 0.283 e. The third-order valence-corrected chi connectivity index (χ3v) is 7.41. The maximum atomic E-state index is 13.4. The number of hydrogen-bond donors (Lipinski definition) is 1. The Balaban J connectivity index is 1.56. The minimum atomic E-state index is -0.629. The Bertz CT molecular complexity index is 1120. The van der Waals surface area contributed by atoms with Crippen LogP contribution in [0.5, 0.6) is 5.75 Å².